The van der Waals surface area contributed by atoms with Crippen LogP contribution in [0.5, 0.6) is 0 Å². The van der Waals surface area contributed by atoms with Crippen molar-refractivity contribution < 1.29 is 38.7 Å². The summed E-state index contributed by atoms with van der Waals surface area (Å²) in [5, 5.41) is 21.1. The molecule has 0 aromatic carbocycles. The van der Waals surface area contributed by atoms with Crippen LogP contribution in [-0.2, 0) is 28.5 Å². The van der Waals surface area contributed by atoms with Gasteiger partial charge in [-0.05, 0) is 93.5 Å². The van der Waals surface area contributed by atoms with Gasteiger partial charge >= 0.3 is 5.97 Å². The summed E-state index contributed by atoms with van der Waals surface area (Å²) < 4.78 is 30.0. The van der Waals surface area contributed by atoms with Gasteiger partial charge < -0.3 is 33.9 Å². The summed E-state index contributed by atoms with van der Waals surface area (Å²) in [6.07, 6.45) is 7.59. The van der Waals surface area contributed by atoms with Gasteiger partial charge in [-0.1, -0.05) is 13.8 Å². The van der Waals surface area contributed by atoms with Crippen LogP contribution in [-0.4, -0.2) is 77.9 Å². The van der Waals surface area contributed by atoms with Gasteiger partial charge in [0.1, 0.15) is 36.1 Å². The number of esters is 1. The lowest BCUT2D eigenvalue weighted by Gasteiger charge is -2.58. The lowest BCUT2D eigenvalue weighted by atomic mass is 9.44. The molecule has 3 aliphatic heterocycles. The van der Waals surface area contributed by atoms with Crippen LogP contribution in [0.2, 0.25) is 0 Å². The first-order valence-corrected chi connectivity index (χ1v) is 14.9. The van der Waals surface area contributed by atoms with Gasteiger partial charge in [-0.25, -0.2) is 4.79 Å². The predicted molar refractivity (Wildman–Crippen MR) is 136 cm³/mol. The molecule has 0 bridgehead atoms. The first kappa shape index (κ1) is 25.9. The standard InChI is InChI=1S/C30H44O8/c1-16-23(32)25(34-4)24(33)26(36-16)37-19-6-9-27(2)18(14-19)5-11-29-21(27)8-10-28(3)20(7-12-30(28,29)38-29)17-13-22(31)35-15-17/h13,16,18-21,23-26,32-33H,5-12,14-15H2,1-4H3/t16-,18-,19+,20-,21-,23+,24-,25+,26+,27+,28-,29+,30-/m0/s1. The molecule has 8 nitrogen and oxygen atoms in total. The Kier molecular flexibility index (Phi) is 5.79. The van der Waals surface area contributed by atoms with Gasteiger partial charge in [0.05, 0.1) is 12.2 Å². The van der Waals surface area contributed by atoms with E-state index < -0.39 is 30.7 Å². The molecule has 0 aromatic heterocycles. The van der Waals surface area contributed by atoms with Gasteiger partial charge in [-0.2, -0.15) is 0 Å². The maximum absolute atomic E-state index is 11.8. The molecule has 4 aliphatic carbocycles. The van der Waals surface area contributed by atoms with Crippen molar-refractivity contribution in [2.75, 3.05) is 13.7 Å². The quantitative estimate of drug-likeness (QED) is 0.323. The van der Waals surface area contributed by atoms with Gasteiger partial charge in [-0.15, -0.1) is 0 Å². The number of rotatable bonds is 4. The summed E-state index contributed by atoms with van der Waals surface area (Å²) >= 11 is 0. The second-order valence-corrected chi connectivity index (χ2v) is 13.9. The van der Waals surface area contributed by atoms with E-state index >= 15 is 0 Å². The number of epoxide rings is 1. The Bertz CT molecular complexity index is 1030. The first-order valence-electron chi connectivity index (χ1n) is 14.9. The number of methoxy groups -OCH3 is 1. The van der Waals surface area contributed by atoms with Crippen molar-refractivity contribution in [1.29, 1.82) is 0 Å². The predicted octanol–water partition coefficient (Wildman–Crippen LogP) is 3.27. The summed E-state index contributed by atoms with van der Waals surface area (Å²) in [5.74, 6) is 1.28. The second kappa shape index (κ2) is 8.49. The van der Waals surface area contributed by atoms with Crippen LogP contribution in [0, 0.1) is 28.6 Å². The Morgan fingerprint density at radius 2 is 1.84 bits per heavy atom. The molecule has 7 aliphatic rings. The van der Waals surface area contributed by atoms with Gasteiger partial charge in [0.2, 0.25) is 0 Å². The van der Waals surface area contributed by atoms with Crippen LogP contribution >= 0.6 is 0 Å². The number of fused-ring (bicyclic) bond motifs is 2. The van der Waals surface area contributed by atoms with E-state index in [1.807, 2.05) is 0 Å². The molecular formula is C30H44O8. The summed E-state index contributed by atoms with van der Waals surface area (Å²) in [6.45, 7) is 7.18. The van der Waals surface area contributed by atoms with E-state index in [1.54, 1.807) is 13.0 Å². The lowest BCUT2D eigenvalue weighted by molar-refractivity contribution is -0.312. The molecule has 38 heavy (non-hydrogen) atoms. The molecule has 0 radical (unpaired) electrons. The van der Waals surface area contributed by atoms with Crippen LogP contribution in [0.3, 0.4) is 0 Å². The van der Waals surface area contributed by atoms with Crippen LogP contribution in [0.1, 0.15) is 78.6 Å². The Balaban J connectivity index is 1.07. The highest BCUT2D eigenvalue weighted by Gasteiger charge is 2.86. The fraction of sp³-hybridized carbons (Fsp3) is 0.900. The zero-order chi connectivity index (χ0) is 26.7. The SMILES string of the molecule is CO[C@H]1[C@H](O)[C@@H](O[C@@H]2CC[C@]3(C)[C@@H](CC[C@]45O[C@]46CC[C@@H](C4=CC(=O)OC4)[C@]6(C)CC[C@@H]35)C2)O[C@@H](C)[C@H]1O. The van der Waals surface area contributed by atoms with Crippen LogP contribution in [0.25, 0.3) is 0 Å². The summed E-state index contributed by atoms with van der Waals surface area (Å²) in [5.41, 5.74) is 1.36. The minimum atomic E-state index is -1.02. The van der Waals surface area contributed by atoms with E-state index in [9.17, 15) is 15.0 Å². The van der Waals surface area contributed by atoms with E-state index in [0.29, 0.717) is 24.4 Å². The molecular weight excluding hydrogens is 488 g/mol. The highest BCUT2D eigenvalue weighted by molar-refractivity contribution is 5.85. The number of carbonyl (C=O) groups excluding carboxylic acids is 1. The van der Waals surface area contributed by atoms with Gasteiger partial charge in [0.25, 0.3) is 0 Å². The molecule has 0 unspecified atom stereocenters. The Morgan fingerprint density at radius 3 is 2.58 bits per heavy atom. The number of ether oxygens (including phenoxy) is 5. The van der Waals surface area contributed by atoms with Crippen LogP contribution in [0.15, 0.2) is 11.6 Å². The highest BCUT2D eigenvalue weighted by atomic mass is 16.7. The average molecular weight is 533 g/mol. The molecule has 3 heterocycles. The van der Waals surface area contributed by atoms with E-state index in [4.69, 9.17) is 23.7 Å². The number of cyclic esters (lactones) is 1. The number of carbonyl (C=O) groups is 1. The Hall–Kier alpha value is -1.03. The van der Waals surface area contributed by atoms with Crippen molar-refractivity contribution in [1.82, 2.24) is 0 Å². The normalized spacial score (nSPS) is 57.3. The molecule has 4 saturated carbocycles. The Labute approximate surface area is 225 Å². The zero-order valence-electron chi connectivity index (χ0n) is 23.2. The van der Waals surface area contributed by atoms with Crippen molar-refractivity contribution >= 4 is 5.97 Å². The summed E-state index contributed by atoms with van der Waals surface area (Å²) in [7, 11) is 1.50. The molecule has 8 heteroatoms. The molecule has 13 atom stereocenters. The molecule has 2 N–H and O–H groups in total. The second-order valence-electron chi connectivity index (χ2n) is 13.9. The van der Waals surface area contributed by atoms with Crippen molar-refractivity contribution in [3.63, 3.8) is 0 Å². The van der Waals surface area contributed by atoms with E-state index in [-0.39, 0.29) is 34.1 Å². The van der Waals surface area contributed by atoms with Crippen molar-refractivity contribution in [3.8, 4) is 0 Å². The Morgan fingerprint density at radius 1 is 1.03 bits per heavy atom. The van der Waals surface area contributed by atoms with Gasteiger partial charge in [0, 0.05) is 18.6 Å². The van der Waals surface area contributed by atoms with E-state index in [2.05, 4.69) is 13.8 Å². The first-order chi connectivity index (χ1) is 18.1. The number of aliphatic hydroxyl groups excluding tert-OH is 2. The smallest absolute Gasteiger partial charge is 0.331 e. The minimum Gasteiger partial charge on any atom is -0.458 e. The maximum Gasteiger partial charge on any atom is 0.331 e. The van der Waals surface area contributed by atoms with Crippen LogP contribution < -0.4 is 0 Å². The number of hydrogen-bond acceptors (Lipinski definition) is 8. The topological polar surface area (TPSA) is 107 Å². The van der Waals surface area contributed by atoms with Crippen LogP contribution in [0.4, 0.5) is 0 Å². The van der Waals surface area contributed by atoms with Crippen molar-refractivity contribution in [2.45, 2.75) is 127 Å². The van der Waals surface area contributed by atoms with Gasteiger partial charge in [0.15, 0.2) is 6.29 Å². The summed E-state index contributed by atoms with van der Waals surface area (Å²) in [4.78, 5) is 11.8. The molecule has 0 aromatic rings. The maximum atomic E-state index is 11.8. The molecule has 0 amide bonds. The van der Waals surface area contributed by atoms with E-state index in [0.717, 1.165) is 51.4 Å². The van der Waals surface area contributed by atoms with Crippen molar-refractivity contribution in [2.24, 2.45) is 28.6 Å². The largest absolute Gasteiger partial charge is 0.458 e. The third-order valence-corrected chi connectivity index (χ3v) is 12.6. The van der Waals surface area contributed by atoms with Crippen molar-refractivity contribution in [3.05, 3.63) is 11.6 Å². The number of aliphatic hydroxyl groups is 2. The average Bonchev–Trinajstić information content (AvgIpc) is 3.20. The number of hydrogen-bond donors (Lipinski definition) is 2. The monoisotopic (exact) mass is 532 g/mol. The fourth-order valence-electron chi connectivity index (χ4n) is 10.6. The van der Waals surface area contributed by atoms with E-state index in [1.165, 1.54) is 19.1 Å². The third kappa shape index (κ3) is 3.22. The molecule has 2 spiro atoms. The molecule has 6 fully saturated rings. The lowest BCUT2D eigenvalue weighted by Crippen LogP contribution is -2.60. The molecule has 212 valence electrons. The third-order valence-electron chi connectivity index (χ3n) is 12.6. The summed E-state index contributed by atoms with van der Waals surface area (Å²) in [6, 6.07) is 0. The molecule has 2 saturated heterocycles. The van der Waals surface area contributed by atoms with Gasteiger partial charge in [-0.3, -0.25) is 0 Å². The zero-order valence-corrected chi connectivity index (χ0v) is 23.2. The minimum absolute atomic E-state index is 0.0207. The fourth-order valence-corrected chi connectivity index (χ4v) is 10.6. The highest BCUT2D eigenvalue weighted by Crippen LogP contribution is 2.81. The molecule has 7 rings (SSSR count).